The standard InChI is InChI=1S/C32H60N8O6/c33-23-25-11-19-39(20-12-25)29(41)35-15-1-3-17-37-31(43)45-27-7-5-9-28(10-6-8-27)46-32(44)38-18-4-2-16-36-30(42)40-21-13-26(24-34)14-22-40/h25-28H,1-24,33-34H2,(H,35,41)(H,36,42)(H,37,43)(H,38,44)/t27-,28+. The van der Waals surface area contributed by atoms with Crippen molar-refractivity contribution < 1.29 is 28.7 Å². The van der Waals surface area contributed by atoms with Gasteiger partial charge in [0.25, 0.3) is 0 Å². The summed E-state index contributed by atoms with van der Waals surface area (Å²) in [6, 6.07) is -0.0473. The first-order valence-electron chi connectivity index (χ1n) is 17.7. The van der Waals surface area contributed by atoms with Crippen molar-refractivity contribution in [2.45, 2.75) is 102 Å². The van der Waals surface area contributed by atoms with Crippen molar-refractivity contribution in [2.75, 3.05) is 65.4 Å². The number of hydrogen-bond donors (Lipinski definition) is 6. The van der Waals surface area contributed by atoms with E-state index in [1.807, 2.05) is 9.80 Å². The number of urea groups is 2. The maximum absolute atomic E-state index is 12.3. The fourth-order valence-electron chi connectivity index (χ4n) is 6.30. The highest BCUT2D eigenvalue weighted by atomic mass is 16.6. The van der Waals surface area contributed by atoms with E-state index < -0.39 is 12.2 Å². The highest BCUT2D eigenvalue weighted by molar-refractivity contribution is 5.74. The molecule has 0 unspecified atom stereocenters. The Morgan fingerprint density at radius 1 is 0.522 bits per heavy atom. The molecule has 0 aromatic rings. The molecule has 0 bridgehead atoms. The third kappa shape index (κ3) is 14.6. The van der Waals surface area contributed by atoms with Crippen LogP contribution < -0.4 is 32.7 Å². The first-order valence-corrected chi connectivity index (χ1v) is 17.7. The van der Waals surface area contributed by atoms with Crippen LogP contribution in [0.3, 0.4) is 0 Å². The molecular formula is C32H60N8O6. The Labute approximate surface area is 274 Å². The van der Waals surface area contributed by atoms with Crippen LogP contribution >= 0.6 is 0 Å². The number of ether oxygens (including phenoxy) is 2. The summed E-state index contributed by atoms with van der Waals surface area (Å²) in [5, 5.41) is 11.6. The molecule has 2 aliphatic heterocycles. The summed E-state index contributed by atoms with van der Waals surface area (Å²) < 4.78 is 11.3. The molecule has 2 saturated heterocycles. The lowest BCUT2D eigenvalue weighted by atomic mass is 9.96. The molecule has 0 radical (unpaired) electrons. The topological polar surface area (TPSA) is 193 Å². The summed E-state index contributed by atoms with van der Waals surface area (Å²) in [4.78, 5) is 52.8. The van der Waals surface area contributed by atoms with E-state index in [0.717, 1.165) is 116 Å². The molecule has 1 aliphatic carbocycles. The second kappa shape index (κ2) is 21.7. The number of carbonyl (C=O) groups is 4. The van der Waals surface area contributed by atoms with Crippen LogP contribution in [0.1, 0.15) is 89.9 Å². The quantitative estimate of drug-likeness (QED) is 0.154. The number of carbonyl (C=O) groups excluding carboxylic acids is 4. The van der Waals surface area contributed by atoms with Crippen LogP contribution in [0.2, 0.25) is 0 Å². The van der Waals surface area contributed by atoms with Crippen LogP contribution in [0, 0.1) is 11.8 Å². The Morgan fingerprint density at radius 3 is 1.17 bits per heavy atom. The number of nitrogens with two attached hydrogens (primary N) is 2. The Bertz CT molecular complexity index is 831. The van der Waals surface area contributed by atoms with Gasteiger partial charge in [-0.2, -0.15) is 0 Å². The van der Waals surface area contributed by atoms with E-state index in [2.05, 4.69) is 21.3 Å². The van der Waals surface area contributed by atoms with Gasteiger partial charge in [-0.3, -0.25) is 0 Å². The van der Waals surface area contributed by atoms with E-state index >= 15 is 0 Å². The van der Waals surface area contributed by atoms with Gasteiger partial charge in [-0.25, -0.2) is 19.2 Å². The molecule has 3 fully saturated rings. The summed E-state index contributed by atoms with van der Waals surface area (Å²) in [5.74, 6) is 1.04. The Morgan fingerprint density at radius 2 is 0.848 bits per heavy atom. The van der Waals surface area contributed by atoms with E-state index in [-0.39, 0.29) is 24.3 Å². The number of unbranched alkanes of at least 4 members (excludes halogenated alkanes) is 2. The minimum Gasteiger partial charge on any atom is -0.446 e. The molecule has 264 valence electrons. The zero-order valence-corrected chi connectivity index (χ0v) is 27.8. The zero-order valence-electron chi connectivity index (χ0n) is 27.8. The molecule has 1 saturated carbocycles. The summed E-state index contributed by atoms with van der Waals surface area (Å²) >= 11 is 0. The van der Waals surface area contributed by atoms with Crippen molar-refractivity contribution in [3.8, 4) is 0 Å². The van der Waals surface area contributed by atoms with Gasteiger partial charge in [0.15, 0.2) is 0 Å². The summed E-state index contributed by atoms with van der Waals surface area (Å²) in [6.07, 6.45) is 10.4. The largest absolute Gasteiger partial charge is 0.446 e. The minimum atomic E-state index is -0.406. The van der Waals surface area contributed by atoms with Crippen LogP contribution in [0.4, 0.5) is 19.2 Å². The first kappa shape index (κ1) is 37.5. The van der Waals surface area contributed by atoms with Gasteiger partial charge in [0.1, 0.15) is 12.2 Å². The molecule has 0 aromatic heterocycles. The molecular weight excluding hydrogens is 592 g/mol. The molecule has 8 N–H and O–H groups in total. The molecule has 3 rings (SSSR count). The summed E-state index contributed by atoms with van der Waals surface area (Å²) in [5.41, 5.74) is 11.4. The lowest BCUT2D eigenvalue weighted by molar-refractivity contribution is 0.0531. The Kier molecular flexibility index (Phi) is 17.7. The SMILES string of the molecule is NCC1CCN(C(=O)NCCCCNC(=O)O[C@H]2CCC[C@@H](OC(=O)NCCCCNC(=O)N3CCC(CN)CC3)CCC2)CC1. The average molecular weight is 653 g/mol. The molecule has 2 heterocycles. The van der Waals surface area contributed by atoms with Gasteiger partial charge in [-0.05, 0) is 115 Å². The van der Waals surface area contributed by atoms with Gasteiger partial charge in [0.05, 0.1) is 0 Å². The van der Waals surface area contributed by atoms with Crippen molar-refractivity contribution >= 4 is 24.2 Å². The number of amides is 6. The van der Waals surface area contributed by atoms with E-state index in [0.29, 0.717) is 51.1 Å². The zero-order chi connectivity index (χ0) is 33.0. The minimum absolute atomic E-state index is 0.0236. The lowest BCUT2D eigenvalue weighted by Gasteiger charge is -2.31. The van der Waals surface area contributed by atoms with E-state index in [1.54, 1.807) is 0 Å². The third-order valence-corrected chi connectivity index (χ3v) is 9.42. The summed E-state index contributed by atoms with van der Waals surface area (Å²) in [7, 11) is 0. The van der Waals surface area contributed by atoms with E-state index in [4.69, 9.17) is 20.9 Å². The van der Waals surface area contributed by atoms with Gasteiger partial charge in [-0.15, -0.1) is 0 Å². The van der Waals surface area contributed by atoms with Gasteiger partial charge < -0.3 is 52.0 Å². The van der Waals surface area contributed by atoms with Crippen molar-refractivity contribution in [2.24, 2.45) is 23.3 Å². The fourth-order valence-corrected chi connectivity index (χ4v) is 6.30. The van der Waals surface area contributed by atoms with E-state index in [9.17, 15) is 19.2 Å². The molecule has 6 amide bonds. The third-order valence-electron chi connectivity index (χ3n) is 9.42. The number of rotatable bonds is 14. The Hall–Kier alpha value is -3.00. The predicted octanol–water partition coefficient (Wildman–Crippen LogP) is 2.85. The van der Waals surface area contributed by atoms with Crippen molar-refractivity contribution in [1.29, 1.82) is 0 Å². The molecule has 0 aromatic carbocycles. The van der Waals surface area contributed by atoms with E-state index in [1.165, 1.54) is 0 Å². The predicted molar refractivity (Wildman–Crippen MR) is 176 cm³/mol. The maximum Gasteiger partial charge on any atom is 0.407 e. The number of hydrogen-bond acceptors (Lipinski definition) is 8. The number of alkyl carbamates (subject to hydrolysis) is 2. The van der Waals surface area contributed by atoms with Crippen molar-refractivity contribution in [3.63, 3.8) is 0 Å². The van der Waals surface area contributed by atoms with Gasteiger partial charge in [0.2, 0.25) is 0 Å². The Balaban J connectivity index is 1.14. The molecule has 3 aliphatic rings. The van der Waals surface area contributed by atoms with Crippen LogP contribution in [-0.4, -0.2) is 112 Å². The lowest BCUT2D eigenvalue weighted by Crippen LogP contribution is -2.45. The van der Waals surface area contributed by atoms with Crippen LogP contribution in [0.15, 0.2) is 0 Å². The van der Waals surface area contributed by atoms with Gasteiger partial charge in [-0.1, -0.05) is 0 Å². The highest BCUT2D eigenvalue weighted by Crippen LogP contribution is 2.22. The molecule has 0 atom stereocenters. The molecule has 0 spiro atoms. The number of nitrogens with zero attached hydrogens (tertiary/aromatic N) is 2. The van der Waals surface area contributed by atoms with Gasteiger partial charge in [0, 0.05) is 52.4 Å². The maximum atomic E-state index is 12.3. The monoisotopic (exact) mass is 652 g/mol. The number of nitrogens with one attached hydrogen (secondary N) is 4. The summed E-state index contributed by atoms with van der Waals surface area (Å²) in [6.45, 7) is 6.54. The average Bonchev–Trinajstić information content (AvgIpc) is 3.06. The number of piperidine rings is 2. The second-order valence-electron chi connectivity index (χ2n) is 13.0. The normalized spacial score (nSPS) is 21.4. The fraction of sp³-hybridized carbons (Fsp3) is 0.875. The van der Waals surface area contributed by atoms with Crippen LogP contribution in [0.5, 0.6) is 0 Å². The molecule has 14 nitrogen and oxygen atoms in total. The van der Waals surface area contributed by atoms with Crippen LogP contribution in [0.25, 0.3) is 0 Å². The molecule has 14 heteroatoms. The van der Waals surface area contributed by atoms with Gasteiger partial charge >= 0.3 is 24.2 Å². The number of likely N-dealkylation sites (tertiary alicyclic amines) is 2. The van der Waals surface area contributed by atoms with Crippen molar-refractivity contribution in [1.82, 2.24) is 31.1 Å². The smallest absolute Gasteiger partial charge is 0.407 e. The molecule has 46 heavy (non-hydrogen) atoms. The van der Waals surface area contributed by atoms with Crippen molar-refractivity contribution in [3.05, 3.63) is 0 Å². The highest BCUT2D eigenvalue weighted by Gasteiger charge is 2.24. The first-order chi connectivity index (χ1) is 22.4. The second-order valence-corrected chi connectivity index (χ2v) is 13.0. The van der Waals surface area contributed by atoms with Crippen LogP contribution in [-0.2, 0) is 9.47 Å².